The van der Waals surface area contributed by atoms with Gasteiger partial charge in [-0.3, -0.25) is 0 Å². The van der Waals surface area contributed by atoms with Crippen LogP contribution in [0.2, 0.25) is 5.02 Å². The van der Waals surface area contributed by atoms with E-state index in [0.29, 0.717) is 0 Å². The number of carboxylic acid groups (broad SMARTS) is 1. The first-order valence-electron chi connectivity index (χ1n) is 12.7. The zero-order valence-electron chi connectivity index (χ0n) is 22.7. The van der Waals surface area contributed by atoms with Crippen LogP contribution in [0.3, 0.4) is 0 Å². The van der Waals surface area contributed by atoms with Crippen LogP contribution in [0.15, 0.2) is 59.9 Å². The largest absolute Gasteiger partial charge is 0.490 e. The monoisotopic (exact) mass is 640 g/mol. The minimum absolute atomic E-state index is 0.0751. The molecular formula is C27H25ClF4N6O4S. The smallest absolute Gasteiger partial charge is 0.475 e. The zero-order valence-corrected chi connectivity index (χ0v) is 24.2. The van der Waals surface area contributed by atoms with Crippen molar-refractivity contribution in [2.24, 2.45) is 0 Å². The number of alkyl halides is 3. The molecule has 0 saturated heterocycles. The molecule has 5 rings (SSSR count). The highest BCUT2D eigenvalue weighted by atomic mass is 35.5. The molecule has 4 aromatic rings. The molecule has 0 radical (unpaired) electrons. The van der Waals surface area contributed by atoms with Gasteiger partial charge in [0.25, 0.3) is 0 Å². The fourth-order valence-electron chi connectivity index (χ4n) is 4.13. The van der Waals surface area contributed by atoms with Crippen LogP contribution in [0.5, 0.6) is 0 Å². The lowest BCUT2D eigenvalue weighted by atomic mass is 10.1. The van der Waals surface area contributed by atoms with Crippen molar-refractivity contribution < 1.29 is 35.9 Å². The van der Waals surface area contributed by atoms with E-state index in [0.717, 1.165) is 36.5 Å². The fraction of sp³-hybridized carbons (Fsp3) is 0.259. The Bertz CT molecular complexity index is 1760. The summed E-state index contributed by atoms with van der Waals surface area (Å²) in [5, 5.41) is 12.4. The number of hydrogen-bond donors (Lipinski definition) is 3. The van der Waals surface area contributed by atoms with Crippen LogP contribution < -0.4 is 10.6 Å². The van der Waals surface area contributed by atoms with Gasteiger partial charge in [0.1, 0.15) is 16.7 Å². The number of aliphatic carboxylic acids is 1. The number of carbonyl (C=O) groups is 1. The maximum absolute atomic E-state index is 14.8. The summed E-state index contributed by atoms with van der Waals surface area (Å²) < 4.78 is 74.2. The number of nitrogens with zero attached hydrogens (tertiary/aromatic N) is 4. The molecule has 0 unspecified atom stereocenters. The Morgan fingerprint density at radius 1 is 1.12 bits per heavy atom. The number of anilines is 4. The summed E-state index contributed by atoms with van der Waals surface area (Å²) in [5.41, 5.74) is 2.79. The van der Waals surface area contributed by atoms with Crippen molar-refractivity contribution in [1.29, 1.82) is 0 Å². The number of imidazole rings is 1. The quantitative estimate of drug-likeness (QED) is 0.209. The van der Waals surface area contributed by atoms with Crippen molar-refractivity contribution in [3.05, 3.63) is 77.2 Å². The molecule has 0 spiro atoms. The third kappa shape index (κ3) is 7.22. The van der Waals surface area contributed by atoms with Crippen molar-refractivity contribution in [2.75, 3.05) is 10.6 Å². The molecule has 16 heteroatoms. The number of carboxylic acids is 1. The van der Waals surface area contributed by atoms with E-state index < -0.39 is 33.1 Å². The second kappa shape index (κ2) is 12.6. The van der Waals surface area contributed by atoms with Crippen LogP contribution in [0, 0.1) is 5.82 Å². The first-order chi connectivity index (χ1) is 20.2. The van der Waals surface area contributed by atoms with Crippen LogP contribution in [-0.4, -0.2) is 50.4 Å². The number of rotatable bonds is 6. The van der Waals surface area contributed by atoms with Crippen molar-refractivity contribution in [3.8, 4) is 5.69 Å². The first kappa shape index (κ1) is 31.7. The van der Waals surface area contributed by atoms with Gasteiger partial charge >= 0.3 is 12.1 Å². The normalized spacial score (nSPS) is 12.8. The molecule has 10 nitrogen and oxygen atoms in total. The summed E-state index contributed by atoms with van der Waals surface area (Å²) in [7, 11) is -3.77. The first-order valence-corrected chi connectivity index (χ1v) is 14.7. The number of fused-ring (bicyclic) bond motifs is 3. The molecule has 1 aliphatic heterocycles. The SMILES string of the molecule is CC(C)S(=O)(=O)c1cccc(F)c1Nc1nc(Nc2ccc3c(c2)-n2ccnc2CCC3)ncc1Cl.O=C(O)C(F)(F)F. The number of nitrogens with one attached hydrogen (secondary N) is 2. The van der Waals surface area contributed by atoms with E-state index >= 15 is 0 Å². The van der Waals surface area contributed by atoms with Crippen molar-refractivity contribution in [3.63, 3.8) is 0 Å². The summed E-state index contributed by atoms with van der Waals surface area (Å²) in [6, 6.07) is 9.89. The highest BCUT2D eigenvalue weighted by Crippen LogP contribution is 2.33. The topological polar surface area (TPSA) is 139 Å². The van der Waals surface area contributed by atoms with Crippen LogP contribution in [0.25, 0.3) is 5.69 Å². The van der Waals surface area contributed by atoms with Crippen LogP contribution in [-0.2, 0) is 27.5 Å². The summed E-state index contributed by atoms with van der Waals surface area (Å²) in [4.78, 5) is 21.8. The van der Waals surface area contributed by atoms with Gasteiger partial charge in [-0.2, -0.15) is 18.2 Å². The molecule has 3 N–H and O–H groups in total. The Morgan fingerprint density at radius 3 is 2.51 bits per heavy atom. The van der Waals surface area contributed by atoms with E-state index in [9.17, 15) is 26.0 Å². The summed E-state index contributed by atoms with van der Waals surface area (Å²) in [6.07, 6.45) is 2.91. The van der Waals surface area contributed by atoms with Crippen molar-refractivity contribution in [1.82, 2.24) is 19.5 Å². The molecule has 228 valence electrons. The average molecular weight is 641 g/mol. The zero-order chi connectivity index (χ0) is 31.5. The molecule has 0 amide bonds. The van der Waals surface area contributed by atoms with Gasteiger partial charge in [-0.25, -0.2) is 27.6 Å². The molecular weight excluding hydrogens is 616 g/mol. The maximum atomic E-state index is 14.8. The number of halogens is 5. The predicted molar refractivity (Wildman–Crippen MR) is 152 cm³/mol. The lowest BCUT2D eigenvalue weighted by Crippen LogP contribution is -2.21. The van der Waals surface area contributed by atoms with E-state index in [1.165, 1.54) is 43.8 Å². The molecule has 0 fully saturated rings. The Labute approximate surface area is 248 Å². The molecule has 2 aromatic heterocycles. The highest BCUT2D eigenvalue weighted by molar-refractivity contribution is 7.92. The maximum Gasteiger partial charge on any atom is 0.490 e. The molecule has 3 heterocycles. The minimum Gasteiger partial charge on any atom is -0.475 e. The second-order valence-electron chi connectivity index (χ2n) is 9.56. The van der Waals surface area contributed by atoms with Crippen molar-refractivity contribution >= 4 is 50.5 Å². The van der Waals surface area contributed by atoms with E-state index in [2.05, 4.69) is 36.2 Å². The van der Waals surface area contributed by atoms with Crippen molar-refractivity contribution in [2.45, 2.75) is 49.4 Å². The Hall–Kier alpha value is -4.24. The van der Waals surface area contributed by atoms with Gasteiger partial charge in [0.2, 0.25) is 5.95 Å². The van der Waals surface area contributed by atoms with Crippen LogP contribution >= 0.6 is 11.6 Å². The number of benzene rings is 2. The average Bonchev–Trinajstić information content (AvgIpc) is 3.33. The van der Waals surface area contributed by atoms with E-state index in [4.69, 9.17) is 21.5 Å². The fourth-order valence-corrected chi connectivity index (χ4v) is 5.48. The van der Waals surface area contributed by atoms with Crippen LogP contribution in [0.1, 0.15) is 31.7 Å². The Morgan fingerprint density at radius 2 is 1.84 bits per heavy atom. The standard InChI is InChI=1S/C25H24ClFN6O2S.C2HF3O2/c1-15(2)36(34,35)21-7-4-6-19(27)23(21)31-24-18(26)14-29-25(32-24)30-17-10-9-16-5-3-8-22-28-11-12-33(22)20(16)13-17;3-2(4,5)1(6)7/h4,6-7,9-15H,3,5,8H2,1-2H3,(H2,29,30,31,32);(H,6,7). The predicted octanol–water partition coefficient (Wildman–Crippen LogP) is 6.25. The van der Waals surface area contributed by atoms with Gasteiger partial charge in [-0.15, -0.1) is 0 Å². The lowest BCUT2D eigenvalue weighted by molar-refractivity contribution is -0.192. The van der Waals surface area contributed by atoms with Gasteiger partial charge in [0.15, 0.2) is 15.7 Å². The van der Waals surface area contributed by atoms with Gasteiger partial charge in [0, 0.05) is 24.5 Å². The van der Waals surface area contributed by atoms with E-state index in [1.54, 1.807) is 6.20 Å². The Kier molecular flexibility index (Phi) is 9.25. The number of hydrogen-bond acceptors (Lipinski definition) is 8. The molecule has 0 atom stereocenters. The molecule has 1 aliphatic rings. The molecule has 2 aromatic carbocycles. The molecule has 0 saturated carbocycles. The summed E-state index contributed by atoms with van der Waals surface area (Å²) in [5.74, 6) is -2.19. The molecule has 0 aliphatic carbocycles. The van der Waals surface area contributed by atoms with Gasteiger partial charge in [0.05, 0.1) is 27.7 Å². The van der Waals surface area contributed by atoms with Gasteiger partial charge in [-0.05, 0) is 56.5 Å². The van der Waals surface area contributed by atoms with Gasteiger partial charge in [-0.1, -0.05) is 23.7 Å². The molecule has 0 bridgehead atoms. The number of aryl methyl sites for hydroxylation is 2. The third-order valence-electron chi connectivity index (χ3n) is 6.30. The van der Waals surface area contributed by atoms with Crippen LogP contribution in [0.4, 0.5) is 40.7 Å². The second-order valence-corrected chi connectivity index (χ2v) is 12.4. The number of aromatic nitrogens is 4. The summed E-state index contributed by atoms with van der Waals surface area (Å²) >= 11 is 6.29. The minimum atomic E-state index is -5.08. The van der Waals surface area contributed by atoms with E-state index in [1.807, 2.05) is 18.3 Å². The third-order valence-corrected chi connectivity index (χ3v) is 8.77. The van der Waals surface area contributed by atoms with E-state index in [-0.39, 0.29) is 27.4 Å². The number of para-hydroxylation sites is 1. The highest BCUT2D eigenvalue weighted by Gasteiger charge is 2.38. The van der Waals surface area contributed by atoms with Gasteiger partial charge < -0.3 is 20.3 Å². The number of sulfone groups is 1. The molecule has 43 heavy (non-hydrogen) atoms. The Balaban J connectivity index is 0.000000541. The summed E-state index contributed by atoms with van der Waals surface area (Å²) in [6.45, 7) is 3.08. The lowest BCUT2D eigenvalue weighted by Gasteiger charge is -2.16.